The van der Waals surface area contributed by atoms with Crippen molar-refractivity contribution < 1.29 is 0 Å². The molecule has 11 heavy (non-hydrogen) atoms. The Morgan fingerprint density at radius 1 is 0.818 bits per heavy atom. The molecule has 2 nitrogen and oxygen atoms in total. The predicted molar refractivity (Wildman–Crippen MR) is 48.8 cm³/mol. The molecule has 0 bridgehead atoms. The molecule has 0 aromatic rings. The van der Waals surface area contributed by atoms with Crippen LogP contribution in [0.5, 0.6) is 0 Å². The first kappa shape index (κ1) is 9.01. The lowest BCUT2D eigenvalue weighted by atomic mass is 10.0. The maximum Gasteiger partial charge on any atom is 0.0218 e. The van der Waals surface area contributed by atoms with Crippen LogP contribution >= 0.6 is 0 Å². The zero-order chi connectivity index (χ0) is 8.10. The van der Waals surface area contributed by atoms with E-state index in [-0.39, 0.29) is 0 Å². The molecule has 0 radical (unpaired) electrons. The fraction of sp³-hybridized carbons (Fsp3) is 1.00. The third-order valence-corrected chi connectivity index (χ3v) is 2.76. The summed E-state index contributed by atoms with van der Waals surface area (Å²) >= 11 is 0. The van der Waals surface area contributed by atoms with E-state index in [1.165, 1.54) is 32.1 Å². The number of likely N-dealkylation sites (N-methyl/N-ethyl adjacent to an activating group) is 2. The van der Waals surface area contributed by atoms with Crippen LogP contribution < -0.4 is 10.6 Å². The summed E-state index contributed by atoms with van der Waals surface area (Å²) in [5.74, 6) is 0. The van der Waals surface area contributed by atoms with E-state index in [9.17, 15) is 0 Å². The Morgan fingerprint density at radius 2 is 1.27 bits per heavy atom. The number of rotatable bonds is 2. The zero-order valence-corrected chi connectivity index (χ0v) is 7.69. The van der Waals surface area contributed by atoms with Gasteiger partial charge in [-0.25, -0.2) is 0 Å². The van der Waals surface area contributed by atoms with Crippen molar-refractivity contribution in [2.45, 2.75) is 44.2 Å². The summed E-state index contributed by atoms with van der Waals surface area (Å²) in [7, 11) is 4.14. The molecule has 0 heterocycles. The Bertz CT molecular complexity index is 91.7. The molecule has 1 saturated carbocycles. The summed E-state index contributed by atoms with van der Waals surface area (Å²) in [5, 5.41) is 6.76. The van der Waals surface area contributed by atoms with Crippen LogP contribution in [0.25, 0.3) is 0 Å². The third kappa shape index (κ3) is 2.46. The Labute approximate surface area is 69.8 Å². The van der Waals surface area contributed by atoms with Gasteiger partial charge < -0.3 is 10.6 Å². The van der Waals surface area contributed by atoms with Gasteiger partial charge in [0.15, 0.2) is 0 Å². The minimum Gasteiger partial charge on any atom is -0.315 e. The molecule has 0 aromatic heterocycles. The molecule has 1 rings (SSSR count). The highest BCUT2D eigenvalue weighted by Gasteiger charge is 2.19. The summed E-state index contributed by atoms with van der Waals surface area (Å²) < 4.78 is 0. The molecular weight excluding hydrogens is 136 g/mol. The number of nitrogens with one attached hydrogen (secondary N) is 2. The van der Waals surface area contributed by atoms with Crippen molar-refractivity contribution in [2.75, 3.05) is 14.1 Å². The second-order valence-electron chi connectivity index (χ2n) is 3.43. The molecule has 0 aromatic carbocycles. The zero-order valence-electron chi connectivity index (χ0n) is 7.69. The van der Waals surface area contributed by atoms with Crippen LogP contribution in [0.2, 0.25) is 0 Å². The van der Waals surface area contributed by atoms with Gasteiger partial charge in [0.2, 0.25) is 0 Å². The predicted octanol–water partition coefficient (Wildman–Crippen LogP) is 1.13. The SMILES string of the molecule is CNC1CCCCCC1NC. The lowest BCUT2D eigenvalue weighted by Crippen LogP contribution is -2.44. The van der Waals surface area contributed by atoms with Gasteiger partial charge in [-0.2, -0.15) is 0 Å². The first-order valence-corrected chi connectivity index (χ1v) is 4.73. The van der Waals surface area contributed by atoms with Gasteiger partial charge in [-0.1, -0.05) is 19.3 Å². The first-order chi connectivity index (χ1) is 5.38. The molecule has 2 unspecified atom stereocenters. The highest BCUT2D eigenvalue weighted by Crippen LogP contribution is 2.17. The van der Waals surface area contributed by atoms with E-state index in [1.807, 2.05) is 0 Å². The van der Waals surface area contributed by atoms with Crippen molar-refractivity contribution in [3.05, 3.63) is 0 Å². The average Bonchev–Trinajstić information content (AvgIpc) is 2.27. The van der Waals surface area contributed by atoms with E-state index in [0.717, 1.165) is 0 Å². The molecule has 2 heteroatoms. The third-order valence-electron chi connectivity index (χ3n) is 2.76. The van der Waals surface area contributed by atoms with Crippen LogP contribution in [0.15, 0.2) is 0 Å². The molecular formula is C9H20N2. The van der Waals surface area contributed by atoms with Gasteiger partial charge in [0.1, 0.15) is 0 Å². The van der Waals surface area contributed by atoms with Gasteiger partial charge in [-0.05, 0) is 26.9 Å². The minimum absolute atomic E-state index is 0.697. The van der Waals surface area contributed by atoms with Gasteiger partial charge >= 0.3 is 0 Å². The Hall–Kier alpha value is -0.0800. The van der Waals surface area contributed by atoms with Crippen LogP contribution in [0.1, 0.15) is 32.1 Å². The van der Waals surface area contributed by atoms with Gasteiger partial charge in [0.05, 0.1) is 0 Å². The first-order valence-electron chi connectivity index (χ1n) is 4.73. The smallest absolute Gasteiger partial charge is 0.0218 e. The van der Waals surface area contributed by atoms with Crippen LogP contribution in [-0.4, -0.2) is 26.2 Å². The fourth-order valence-electron chi connectivity index (χ4n) is 2.00. The van der Waals surface area contributed by atoms with Crippen LogP contribution in [0.3, 0.4) is 0 Å². The van der Waals surface area contributed by atoms with Crippen LogP contribution in [0.4, 0.5) is 0 Å². The normalized spacial score (nSPS) is 33.3. The quantitative estimate of drug-likeness (QED) is 0.586. The summed E-state index contributed by atoms with van der Waals surface area (Å²) in [5.41, 5.74) is 0. The van der Waals surface area contributed by atoms with Crippen LogP contribution in [-0.2, 0) is 0 Å². The molecule has 0 spiro atoms. The standard InChI is InChI=1S/C9H20N2/c1-10-8-6-4-3-5-7-9(8)11-2/h8-11H,3-7H2,1-2H3. The number of hydrogen-bond acceptors (Lipinski definition) is 2. The van der Waals surface area contributed by atoms with Crippen molar-refractivity contribution in [1.82, 2.24) is 10.6 Å². The Morgan fingerprint density at radius 3 is 1.64 bits per heavy atom. The van der Waals surface area contributed by atoms with E-state index in [4.69, 9.17) is 0 Å². The van der Waals surface area contributed by atoms with Crippen molar-refractivity contribution in [3.63, 3.8) is 0 Å². The summed E-state index contributed by atoms with van der Waals surface area (Å²) in [4.78, 5) is 0. The Kier molecular flexibility index (Phi) is 3.87. The molecule has 1 fully saturated rings. The maximum absolute atomic E-state index is 3.38. The maximum atomic E-state index is 3.38. The van der Waals surface area contributed by atoms with Gasteiger partial charge in [-0.15, -0.1) is 0 Å². The van der Waals surface area contributed by atoms with Gasteiger partial charge in [0.25, 0.3) is 0 Å². The second-order valence-corrected chi connectivity index (χ2v) is 3.43. The lowest BCUT2D eigenvalue weighted by Gasteiger charge is -2.23. The summed E-state index contributed by atoms with van der Waals surface area (Å²) in [6.07, 6.45) is 6.87. The van der Waals surface area contributed by atoms with E-state index in [2.05, 4.69) is 24.7 Å². The molecule has 2 N–H and O–H groups in total. The van der Waals surface area contributed by atoms with Crippen molar-refractivity contribution >= 4 is 0 Å². The fourth-order valence-corrected chi connectivity index (χ4v) is 2.00. The van der Waals surface area contributed by atoms with Crippen LogP contribution in [0, 0.1) is 0 Å². The molecule has 1 aliphatic carbocycles. The summed E-state index contributed by atoms with van der Waals surface area (Å²) in [6.45, 7) is 0. The topological polar surface area (TPSA) is 24.1 Å². The lowest BCUT2D eigenvalue weighted by molar-refractivity contribution is 0.389. The molecule has 0 aliphatic heterocycles. The van der Waals surface area contributed by atoms with E-state index >= 15 is 0 Å². The van der Waals surface area contributed by atoms with Crippen molar-refractivity contribution in [3.8, 4) is 0 Å². The molecule has 1 aliphatic rings. The highest BCUT2D eigenvalue weighted by atomic mass is 15.0. The van der Waals surface area contributed by atoms with Crippen molar-refractivity contribution in [2.24, 2.45) is 0 Å². The average molecular weight is 156 g/mol. The van der Waals surface area contributed by atoms with E-state index in [1.54, 1.807) is 0 Å². The monoisotopic (exact) mass is 156 g/mol. The van der Waals surface area contributed by atoms with Gasteiger partial charge in [-0.3, -0.25) is 0 Å². The van der Waals surface area contributed by atoms with Crippen molar-refractivity contribution in [1.29, 1.82) is 0 Å². The van der Waals surface area contributed by atoms with E-state index < -0.39 is 0 Å². The second kappa shape index (κ2) is 4.73. The summed E-state index contributed by atoms with van der Waals surface area (Å²) in [6, 6.07) is 1.39. The molecule has 66 valence electrons. The molecule has 2 atom stereocenters. The highest BCUT2D eigenvalue weighted by molar-refractivity contribution is 4.82. The minimum atomic E-state index is 0.697. The van der Waals surface area contributed by atoms with Gasteiger partial charge in [0, 0.05) is 12.1 Å². The molecule has 0 amide bonds. The Balaban J connectivity index is 2.41. The largest absolute Gasteiger partial charge is 0.315 e. The van der Waals surface area contributed by atoms with E-state index in [0.29, 0.717) is 12.1 Å². The number of hydrogen-bond donors (Lipinski definition) is 2. The molecule has 0 saturated heterocycles.